The lowest BCUT2D eigenvalue weighted by Gasteiger charge is -2.28. The van der Waals surface area contributed by atoms with Gasteiger partial charge in [0.05, 0.1) is 11.7 Å². The molecule has 0 radical (unpaired) electrons. The summed E-state index contributed by atoms with van der Waals surface area (Å²) in [6.07, 6.45) is 2.19. The molecule has 3 N–H and O–H groups in total. The molecule has 1 aliphatic heterocycles. The Morgan fingerprint density at radius 3 is 2.64 bits per heavy atom. The van der Waals surface area contributed by atoms with E-state index in [1.54, 1.807) is 12.1 Å². The first kappa shape index (κ1) is 17.0. The summed E-state index contributed by atoms with van der Waals surface area (Å²) in [5.41, 5.74) is 6.84. The highest BCUT2D eigenvalue weighted by atomic mass is 16.5. The number of benzene rings is 1. The number of amides is 2. The zero-order valence-electron chi connectivity index (χ0n) is 14.6. The molecule has 1 atom stereocenters. The van der Waals surface area contributed by atoms with E-state index in [9.17, 15) is 9.59 Å². The van der Waals surface area contributed by atoms with Crippen molar-refractivity contribution in [3.63, 3.8) is 0 Å². The van der Waals surface area contributed by atoms with Crippen molar-refractivity contribution in [3.8, 4) is 5.75 Å². The molecule has 0 saturated heterocycles. The number of ether oxygens (including phenoxy) is 1. The Balaban J connectivity index is 1.90. The highest BCUT2D eigenvalue weighted by Crippen LogP contribution is 2.39. The van der Waals surface area contributed by atoms with Crippen LogP contribution in [0, 0.1) is 0 Å². The SMILES string of the molecule is CC(C)(C)n1ncc2c1NC(=O)C[C@@H]2c1ccc(OCC(N)=O)cc1. The first-order valence-electron chi connectivity index (χ1n) is 8.15. The molecule has 0 aliphatic carbocycles. The van der Waals surface area contributed by atoms with Gasteiger partial charge in [-0.3, -0.25) is 9.59 Å². The van der Waals surface area contributed by atoms with Gasteiger partial charge in [-0.25, -0.2) is 4.68 Å². The fourth-order valence-electron chi connectivity index (χ4n) is 2.98. The van der Waals surface area contributed by atoms with Crippen molar-refractivity contribution in [2.75, 3.05) is 11.9 Å². The number of carbonyl (C=O) groups excluding carboxylic acids is 2. The molecule has 1 aromatic carbocycles. The standard InChI is InChI=1S/C18H22N4O3/c1-18(2,3)22-17-14(9-20-22)13(8-16(24)21-17)11-4-6-12(7-5-11)25-10-15(19)23/h4-7,9,13H,8,10H2,1-3H3,(H2,19,23)(H,21,24)/t13-/m1/s1. The summed E-state index contributed by atoms with van der Waals surface area (Å²) in [4.78, 5) is 23.0. The van der Waals surface area contributed by atoms with E-state index in [0.717, 1.165) is 16.9 Å². The molecule has 2 aromatic rings. The average Bonchev–Trinajstić information content (AvgIpc) is 2.96. The number of aromatic nitrogens is 2. The Morgan fingerprint density at radius 2 is 2.04 bits per heavy atom. The first-order valence-corrected chi connectivity index (χ1v) is 8.15. The van der Waals surface area contributed by atoms with Gasteiger partial charge in [-0.05, 0) is 38.5 Å². The molecule has 0 spiro atoms. The lowest BCUT2D eigenvalue weighted by Crippen LogP contribution is -2.30. The normalized spacial score (nSPS) is 16.9. The number of hydrogen-bond acceptors (Lipinski definition) is 4. The maximum Gasteiger partial charge on any atom is 0.255 e. The van der Waals surface area contributed by atoms with Gasteiger partial charge in [0.25, 0.3) is 5.91 Å². The van der Waals surface area contributed by atoms with Crippen LogP contribution in [0.4, 0.5) is 5.82 Å². The Hall–Kier alpha value is -2.83. The van der Waals surface area contributed by atoms with Crippen LogP contribution in [-0.4, -0.2) is 28.2 Å². The highest BCUT2D eigenvalue weighted by molar-refractivity contribution is 5.94. The Bertz CT molecular complexity index is 803. The van der Waals surface area contributed by atoms with Gasteiger partial charge in [0.2, 0.25) is 5.91 Å². The fourth-order valence-corrected chi connectivity index (χ4v) is 2.98. The lowest BCUT2D eigenvalue weighted by atomic mass is 9.87. The Kier molecular flexibility index (Phi) is 4.24. The topological polar surface area (TPSA) is 99.2 Å². The van der Waals surface area contributed by atoms with Crippen molar-refractivity contribution < 1.29 is 14.3 Å². The van der Waals surface area contributed by atoms with Crippen molar-refractivity contribution in [1.82, 2.24) is 9.78 Å². The number of rotatable bonds is 4. The second-order valence-corrected chi connectivity index (χ2v) is 7.16. The molecule has 2 amide bonds. The Morgan fingerprint density at radius 1 is 1.36 bits per heavy atom. The minimum Gasteiger partial charge on any atom is -0.484 e. The van der Waals surface area contributed by atoms with E-state index >= 15 is 0 Å². The quantitative estimate of drug-likeness (QED) is 0.887. The molecule has 0 unspecified atom stereocenters. The smallest absolute Gasteiger partial charge is 0.255 e. The number of nitrogens with two attached hydrogens (primary N) is 1. The van der Waals surface area contributed by atoms with Crippen LogP contribution in [0.25, 0.3) is 0 Å². The summed E-state index contributed by atoms with van der Waals surface area (Å²) in [7, 11) is 0. The lowest BCUT2D eigenvalue weighted by molar-refractivity contribution is -0.120. The van der Waals surface area contributed by atoms with Crippen molar-refractivity contribution in [3.05, 3.63) is 41.6 Å². The number of nitrogens with zero attached hydrogens (tertiary/aromatic N) is 2. The molecule has 1 aromatic heterocycles. The molecular weight excluding hydrogens is 320 g/mol. The van der Waals surface area contributed by atoms with Gasteiger partial charge in [0, 0.05) is 17.9 Å². The number of anilines is 1. The zero-order valence-corrected chi connectivity index (χ0v) is 14.6. The second-order valence-electron chi connectivity index (χ2n) is 7.16. The number of carbonyl (C=O) groups is 2. The van der Waals surface area contributed by atoms with Gasteiger partial charge in [-0.1, -0.05) is 12.1 Å². The summed E-state index contributed by atoms with van der Waals surface area (Å²) >= 11 is 0. The third kappa shape index (κ3) is 3.50. The molecule has 2 heterocycles. The van der Waals surface area contributed by atoms with Gasteiger partial charge >= 0.3 is 0 Å². The average molecular weight is 342 g/mol. The molecule has 25 heavy (non-hydrogen) atoms. The third-order valence-corrected chi connectivity index (χ3v) is 4.12. The van der Waals surface area contributed by atoms with Gasteiger partial charge < -0.3 is 15.8 Å². The molecule has 1 aliphatic rings. The zero-order chi connectivity index (χ0) is 18.2. The number of primary amides is 1. The fraction of sp³-hybridized carbons (Fsp3) is 0.389. The summed E-state index contributed by atoms with van der Waals surface area (Å²) in [5.74, 6) is 0.700. The molecule has 7 nitrogen and oxygen atoms in total. The molecule has 132 valence electrons. The second kappa shape index (κ2) is 6.23. The molecular formula is C18H22N4O3. The van der Waals surface area contributed by atoms with Crippen LogP contribution in [-0.2, 0) is 15.1 Å². The molecule has 7 heteroatoms. The van der Waals surface area contributed by atoms with E-state index in [1.165, 1.54) is 0 Å². The first-order chi connectivity index (χ1) is 11.8. The van der Waals surface area contributed by atoms with Crippen molar-refractivity contribution >= 4 is 17.6 Å². The van der Waals surface area contributed by atoms with E-state index in [2.05, 4.69) is 10.4 Å². The molecule has 0 fully saturated rings. The van der Waals surface area contributed by atoms with E-state index in [-0.39, 0.29) is 24.0 Å². The van der Waals surface area contributed by atoms with Crippen LogP contribution in [0.15, 0.2) is 30.5 Å². The van der Waals surface area contributed by atoms with Gasteiger partial charge in [0.1, 0.15) is 11.6 Å². The molecule has 3 rings (SSSR count). The van der Waals surface area contributed by atoms with Crippen LogP contribution in [0.1, 0.15) is 44.2 Å². The molecule has 0 saturated carbocycles. The van der Waals surface area contributed by atoms with Crippen LogP contribution in [0.2, 0.25) is 0 Å². The van der Waals surface area contributed by atoms with Crippen LogP contribution in [0.3, 0.4) is 0 Å². The predicted octanol–water partition coefficient (Wildman–Crippen LogP) is 1.98. The van der Waals surface area contributed by atoms with Crippen molar-refractivity contribution in [1.29, 1.82) is 0 Å². The van der Waals surface area contributed by atoms with E-state index in [0.29, 0.717) is 12.2 Å². The Labute approximate surface area is 146 Å². The summed E-state index contributed by atoms with van der Waals surface area (Å²) in [6, 6.07) is 7.35. The third-order valence-electron chi connectivity index (χ3n) is 4.12. The molecule has 0 bridgehead atoms. The van der Waals surface area contributed by atoms with Crippen LogP contribution in [0.5, 0.6) is 5.75 Å². The van der Waals surface area contributed by atoms with Gasteiger partial charge in [-0.15, -0.1) is 0 Å². The largest absolute Gasteiger partial charge is 0.484 e. The summed E-state index contributed by atoms with van der Waals surface area (Å²) < 4.78 is 7.12. The van der Waals surface area contributed by atoms with Crippen LogP contribution >= 0.6 is 0 Å². The van der Waals surface area contributed by atoms with Crippen molar-refractivity contribution in [2.45, 2.75) is 38.6 Å². The minimum atomic E-state index is -0.521. The highest BCUT2D eigenvalue weighted by Gasteiger charge is 2.32. The van der Waals surface area contributed by atoms with Gasteiger partial charge in [-0.2, -0.15) is 5.10 Å². The van der Waals surface area contributed by atoms with E-state index < -0.39 is 5.91 Å². The monoisotopic (exact) mass is 342 g/mol. The number of nitrogens with one attached hydrogen (secondary N) is 1. The summed E-state index contributed by atoms with van der Waals surface area (Å²) in [5, 5.41) is 7.42. The summed E-state index contributed by atoms with van der Waals surface area (Å²) in [6.45, 7) is 5.97. The predicted molar refractivity (Wildman–Crippen MR) is 93.4 cm³/mol. The van der Waals surface area contributed by atoms with Crippen molar-refractivity contribution in [2.24, 2.45) is 5.73 Å². The van der Waals surface area contributed by atoms with E-state index in [4.69, 9.17) is 10.5 Å². The van der Waals surface area contributed by atoms with E-state index in [1.807, 2.05) is 43.8 Å². The number of hydrogen-bond donors (Lipinski definition) is 2. The maximum absolute atomic E-state index is 12.2. The number of fused-ring (bicyclic) bond motifs is 1. The minimum absolute atomic E-state index is 0.0300. The van der Waals surface area contributed by atoms with Crippen LogP contribution < -0.4 is 15.8 Å². The van der Waals surface area contributed by atoms with Gasteiger partial charge in [0.15, 0.2) is 6.61 Å². The maximum atomic E-state index is 12.2.